The van der Waals surface area contributed by atoms with Crippen molar-refractivity contribution in [2.75, 3.05) is 27.2 Å². The van der Waals surface area contributed by atoms with Crippen LogP contribution in [0, 0.1) is 12.8 Å². The molecule has 122 valence electrons. The van der Waals surface area contributed by atoms with Gasteiger partial charge in [0.25, 0.3) is 0 Å². The van der Waals surface area contributed by atoms with Crippen molar-refractivity contribution in [2.24, 2.45) is 11.7 Å². The number of hydrogen-bond acceptors (Lipinski definition) is 3. The Morgan fingerprint density at radius 3 is 2.55 bits per heavy atom. The molecule has 1 aliphatic heterocycles. The Balaban J connectivity index is 2.12. The third kappa shape index (κ3) is 2.53. The molecule has 2 atom stereocenters. The molecule has 0 bridgehead atoms. The van der Waals surface area contributed by atoms with Crippen LogP contribution in [0.1, 0.15) is 47.6 Å². The van der Waals surface area contributed by atoms with Crippen LogP contribution in [-0.4, -0.2) is 32.1 Å². The molecule has 1 saturated heterocycles. The fraction of sp³-hybridized carbons (Fsp3) is 0.667. The minimum atomic E-state index is 0.369. The smallest absolute Gasteiger partial charge is 0.142 e. The highest BCUT2D eigenvalue weighted by molar-refractivity contribution is 6.33. The van der Waals surface area contributed by atoms with Gasteiger partial charge in [-0.25, -0.2) is 0 Å². The molecule has 2 unspecified atom stereocenters. The maximum absolute atomic E-state index is 6.73. The van der Waals surface area contributed by atoms with E-state index in [4.69, 9.17) is 22.1 Å². The summed E-state index contributed by atoms with van der Waals surface area (Å²) in [5.41, 5.74) is 11.4. The zero-order valence-corrected chi connectivity index (χ0v) is 14.7. The molecule has 1 aliphatic carbocycles. The van der Waals surface area contributed by atoms with Gasteiger partial charge in [0.15, 0.2) is 0 Å². The number of methoxy groups -OCH3 is 1. The van der Waals surface area contributed by atoms with Crippen molar-refractivity contribution in [1.29, 1.82) is 0 Å². The summed E-state index contributed by atoms with van der Waals surface area (Å²) < 4.78 is 5.76. The van der Waals surface area contributed by atoms with Crippen LogP contribution in [0.4, 0.5) is 0 Å². The van der Waals surface area contributed by atoms with Crippen LogP contribution < -0.4 is 10.5 Å². The summed E-state index contributed by atoms with van der Waals surface area (Å²) in [5.74, 6) is 1.46. The van der Waals surface area contributed by atoms with Gasteiger partial charge >= 0.3 is 0 Å². The molecule has 1 heterocycles. The van der Waals surface area contributed by atoms with Gasteiger partial charge in [-0.05, 0) is 75.2 Å². The van der Waals surface area contributed by atoms with Gasteiger partial charge in [-0.2, -0.15) is 0 Å². The van der Waals surface area contributed by atoms with Crippen LogP contribution in [0.2, 0.25) is 5.02 Å². The first-order valence-corrected chi connectivity index (χ1v) is 8.74. The Morgan fingerprint density at radius 2 is 1.95 bits per heavy atom. The van der Waals surface area contributed by atoms with Gasteiger partial charge in [-0.15, -0.1) is 0 Å². The topological polar surface area (TPSA) is 38.5 Å². The first kappa shape index (κ1) is 16.1. The lowest BCUT2D eigenvalue weighted by molar-refractivity contribution is 0.301. The number of benzene rings is 1. The average molecular weight is 323 g/mol. The second-order valence-corrected chi connectivity index (χ2v) is 7.22. The Morgan fingerprint density at radius 1 is 1.27 bits per heavy atom. The van der Waals surface area contributed by atoms with Crippen LogP contribution in [0.5, 0.6) is 5.75 Å². The lowest BCUT2D eigenvalue weighted by Crippen LogP contribution is -2.22. The molecule has 2 N–H and O–H groups in total. The summed E-state index contributed by atoms with van der Waals surface area (Å²) in [5, 5.41) is 0.849. The summed E-state index contributed by atoms with van der Waals surface area (Å²) >= 11 is 6.73. The molecular weight excluding hydrogens is 296 g/mol. The summed E-state index contributed by atoms with van der Waals surface area (Å²) in [6.45, 7) is 4.06. The highest BCUT2D eigenvalue weighted by atomic mass is 35.5. The zero-order chi connectivity index (χ0) is 15.9. The Hall–Kier alpha value is -0.770. The standard InChI is InChI=1S/C18H27ClN2O/c1-11-13-6-4-5-7-14(13)17(19)18(22-3)16(11)15-8-12(9-20)10-21(15)2/h12,15H,4-10,20H2,1-3H3. The molecule has 0 spiro atoms. The monoisotopic (exact) mass is 322 g/mol. The largest absolute Gasteiger partial charge is 0.495 e. The van der Waals surface area contributed by atoms with Crippen molar-refractivity contribution in [1.82, 2.24) is 4.90 Å². The third-order valence-electron chi connectivity index (χ3n) is 5.54. The molecule has 1 aromatic rings. The van der Waals surface area contributed by atoms with Crippen LogP contribution in [-0.2, 0) is 12.8 Å². The lowest BCUT2D eigenvalue weighted by Gasteiger charge is -2.29. The molecular formula is C18H27ClN2O. The first-order valence-electron chi connectivity index (χ1n) is 8.36. The second kappa shape index (κ2) is 6.38. The molecule has 4 heteroatoms. The third-order valence-corrected chi connectivity index (χ3v) is 5.94. The highest BCUT2D eigenvalue weighted by Gasteiger charge is 2.35. The summed E-state index contributed by atoms with van der Waals surface area (Å²) in [7, 11) is 3.93. The van der Waals surface area contributed by atoms with Crippen LogP contribution in [0.15, 0.2) is 0 Å². The van der Waals surface area contributed by atoms with Crippen molar-refractivity contribution in [2.45, 2.75) is 45.1 Å². The SMILES string of the molecule is COc1c(Cl)c2c(c(C)c1C1CC(CN)CN1C)CCCC2. The van der Waals surface area contributed by atoms with Gasteiger partial charge in [0.05, 0.1) is 12.1 Å². The van der Waals surface area contributed by atoms with E-state index in [2.05, 4.69) is 18.9 Å². The van der Waals surface area contributed by atoms with Crippen molar-refractivity contribution in [3.05, 3.63) is 27.3 Å². The van der Waals surface area contributed by atoms with Gasteiger partial charge in [-0.3, -0.25) is 4.90 Å². The van der Waals surface area contributed by atoms with Crippen LogP contribution >= 0.6 is 11.6 Å². The highest BCUT2D eigenvalue weighted by Crippen LogP contribution is 2.47. The van der Waals surface area contributed by atoms with E-state index < -0.39 is 0 Å². The molecule has 0 saturated carbocycles. The van der Waals surface area contributed by atoms with Gasteiger partial charge in [0.2, 0.25) is 0 Å². The van der Waals surface area contributed by atoms with Gasteiger partial charge in [0.1, 0.15) is 5.75 Å². The molecule has 1 fully saturated rings. The van der Waals surface area contributed by atoms with E-state index in [1.807, 2.05) is 0 Å². The number of hydrogen-bond donors (Lipinski definition) is 1. The Labute approximate surface area is 138 Å². The minimum Gasteiger partial charge on any atom is -0.495 e. The maximum Gasteiger partial charge on any atom is 0.142 e. The number of halogens is 1. The minimum absolute atomic E-state index is 0.369. The fourth-order valence-corrected chi connectivity index (χ4v) is 4.75. The van der Waals surface area contributed by atoms with Gasteiger partial charge < -0.3 is 10.5 Å². The lowest BCUT2D eigenvalue weighted by atomic mass is 9.83. The first-order chi connectivity index (χ1) is 10.6. The van der Waals surface area contributed by atoms with E-state index in [9.17, 15) is 0 Å². The molecule has 0 aromatic heterocycles. The Kier molecular flexibility index (Phi) is 4.67. The summed E-state index contributed by atoms with van der Waals surface area (Å²) in [6, 6.07) is 0.369. The van der Waals surface area contributed by atoms with Gasteiger partial charge in [-0.1, -0.05) is 11.6 Å². The predicted octanol–water partition coefficient (Wildman–Crippen LogP) is 3.49. The number of likely N-dealkylation sites (tertiary alicyclic amines) is 1. The Bertz CT molecular complexity index is 573. The molecule has 3 rings (SSSR count). The normalized spacial score (nSPS) is 25.3. The van der Waals surface area contributed by atoms with E-state index in [0.29, 0.717) is 12.0 Å². The van der Waals surface area contributed by atoms with Crippen LogP contribution in [0.25, 0.3) is 0 Å². The van der Waals surface area contributed by atoms with E-state index >= 15 is 0 Å². The van der Waals surface area contributed by atoms with Crippen molar-refractivity contribution >= 4 is 11.6 Å². The molecule has 0 amide bonds. The van der Waals surface area contributed by atoms with E-state index in [-0.39, 0.29) is 0 Å². The number of nitrogens with zero attached hydrogens (tertiary/aromatic N) is 1. The van der Waals surface area contributed by atoms with Crippen molar-refractivity contribution < 1.29 is 4.74 Å². The molecule has 22 heavy (non-hydrogen) atoms. The average Bonchev–Trinajstić information content (AvgIpc) is 2.91. The van der Waals surface area contributed by atoms with Crippen molar-refractivity contribution in [3.63, 3.8) is 0 Å². The second-order valence-electron chi connectivity index (χ2n) is 6.84. The van der Waals surface area contributed by atoms with E-state index in [0.717, 1.165) is 43.1 Å². The number of ether oxygens (including phenoxy) is 1. The molecule has 1 aromatic carbocycles. The number of fused-ring (bicyclic) bond motifs is 1. The van der Waals surface area contributed by atoms with E-state index in [1.54, 1.807) is 7.11 Å². The summed E-state index contributed by atoms with van der Waals surface area (Å²) in [6.07, 6.45) is 5.82. The molecule has 0 radical (unpaired) electrons. The molecule has 2 aliphatic rings. The number of nitrogens with two attached hydrogens (primary N) is 1. The van der Waals surface area contributed by atoms with E-state index in [1.165, 1.54) is 35.1 Å². The maximum atomic E-state index is 6.73. The zero-order valence-electron chi connectivity index (χ0n) is 13.9. The quantitative estimate of drug-likeness (QED) is 0.925. The van der Waals surface area contributed by atoms with Crippen molar-refractivity contribution in [3.8, 4) is 5.75 Å². The summed E-state index contributed by atoms with van der Waals surface area (Å²) in [4.78, 5) is 2.41. The number of rotatable bonds is 3. The predicted molar refractivity (Wildman–Crippen MR) is 91.9 cm³/mol. The van der Waals surface area contributed by atoms with Gasteiger partial charge in [0, 0.05) is 18.2 Å². The molecule has 3 nitrogen and oxygen atoms in total. The fourth-order valence-electron chi connectivity index (χ4n) is 4.36. The van der Waals surface area contributed by atoms with Crippen LogP contribution in [0.3, 0.4) is 0 Å².